The van der Waals surface area contributed by atoms with E-state index in [1.54, 1.807) is 24.4 Å². The average molecular weight is 572 g/mol. The summed E-state index contributed by atoms with van der Waals surface area (Å²) in [5, 5.41) is 2.60. The van der Waals surface area contributed by atoms with Gasteiger partial charge in [-0.05, 0) is 59.5 Å². The second kappa shape index (κ2) is 10.9. The van der Waals surface area contributed by atoms with Crippen LogP contribution < -0.4 is 4.72 Å². The van der Waals surface area contributed by atoms with Crippen LogP contribution in [0.5, 0.6) is 0 Å². The lowest BCUT2D eigenvalue weighted by atomic mass is 9.94. The molecule has 1 unspecified atom stereocenters. The number of aromatic nitrogens is 1. The molecule has 10 heteroatoms. The van der Waals surface area contributed by atoms with Crippen LogP contribution in [-0.4, -0.2) is 24.8 Å². The zero-order chi connectivity index (χ0) is 29.3. The lowest BCUT2D eigenvalue weighted by molar-refractivity contribution is -0.119. The van der Waals surface area contributed by atoms with Crippen LogP contribution in [0.25, 0.3) is 26.5 Å². The number of benzene rings is 4. The number of hydrogen-bond acceptors (Lipinski definition) is 4. The fourth-order valence-corrected chi connectivity index (χ4v) is 5.88. The molecule has 5 aromatic rings. The molecule has 4 aromatic carbocycles. The molecular weight excluding hydrogens is 548 g/mol. The van der Waals surface area contributed by atoms with Crippen LogP contribution in [0.3, 0.4) is 0 Å². The Morgan fingerprint density at radius 3 is 2.46 bits per heavy atom. The van der Waals surface area contributed by atoms with E-state index in [9.17, 15) is 26.8 Å². The van der Waals surface area contributed by atoms with E-state index >= 15 is 0 Å². The van der Waals surface area contributed by atoms with Gasteiger partial charge in [0.1, 0.15) is 0 Å². The number of halogens is 2. The third-order valence-electron chi connectivity index (χ3n) is 6.97. The van der Waals surface area contributed by atoms with Crippen LogP contribution in [0.4, 0.5) is 14.5 Å². The predicted molar refractivity (Wildman–Crippen MR) is 151 cm³/mol. The third-order valence-corrected chi connectivity index (χ3v) is 8.34. The fourth-order valence-electron chi connectivity index (χ4n) is 4.86. The Morgan fingerprint density at radius 2 is 1.71 bits per heavy atom. The summed E-state index contributed by atoms with van der Waals surface area (Å²) in [4.78, 5) is 29.3. The first kappa shape index (κ1) is 27.7. The molecular formula is C31H23F2N3O4S. The largest absolute Gasteiger partial charge is 0.288 e. The molecule has 0 bridgehead atoms. The van der Waals surface area contributed by atoms with Crippen LogP contribution >= 0.6 is 0 Å². The minimum Gasteiger partial charge on any atom is -0.288 e. The van der Waals surface area contributed by atoms with Gasteiger partial charge in [-0.15, -0.1) is 0 Å². The smallest absolute Gasteiger partial charge is 0.264 e. The highest BCUT2D eigenvalue weighted by Gasteiger charge is 2.24. The Labute approximate surface area is 234 Å². The zero-order valence-corrected chi connectivity index (χ0v) is 22.6. The number of fused-ring (bicyclic) bond motifs is 2. The highest BCUT2D eigenvalue weighted by atomic mass is 32.2. The summed E-state index contributed by atoms with van der Waals surface area (Å²) in [7, 11) is -4.42. The van der Waals surface area contributed by atoms with Crippen molar-refractivity contribution >= 4 is 49.2 Å². The van der Waals surface area contributed by atoms with Gasteiger partial charge >= 0.3 is 0 Å². The zero-order valence-electron chi connectivity index (χ0n) is 21.8. The molecule has 0 aliphatic rings. The molecule has 1 amide bonds. The number of hydrogen-bond donors (Lipinski definition) is 1. The Hall–Kier alpha value is -4.88. The summed E-state index contributed by atoms with van der Waals surface area (Å²) >= 11 is 0. The van der Waals surface area contributed by atoms with E-state index < -0.39 is 38.4 Å². The van der Waals surface area contributed by atoms with Crippen molar-refractivity contribution in [3.63, 3.8) is 0 Å². The van der Waals surface area contributed by atoms with Crippen LogP contribution in [-0.2, 0) is 21.2 Å². The van der Waals surface area contributed by atoms with Crippen molar-refractivity contribution in [3.05, 3.63) is 119 Å². The van der Waals surface area contributed by atoms with E-state index in [4.69, 9.17) is 6.57 Å². The molecule has 0 aliphatic heterocycles. The summed E-state index contributed by atoms with van der Waals surface area (Å²) in [5.74, 6) is -4.19. The molecule has 1 aromatic heterocycles. The molecule has 0 aliphatic carbocycles. The molecule has 1 N–H and O–H groups in total. The number of carbonyl (C=O) groups is 2. The number of amides is 1. The summed E-state index contributed by atoms with van der Waals surface area (Å²) in [6.45, 7) is 9.22. The van der Waals surface area contributed by atoms with Gasteiger partial charge in [0.2, 0.25) is 11.8 Å². The van der Waals surface area contributed by atoms with Gasteiger partial charge in [0.25, 0.3) is 10.0 Å². The van der Waals surface area contributed by atoms with E-state index in [0.29, 0.717) is 34.3 Å². The van der Waals surface area contributed by atoms with Gasteiger partial charge in [-0.2, -0.15) is 0 Å². The van der Waals surface area contributed by atoms with Crippen molar-refractivity contribution in [2.75, 3.05) is 0 Å². The topological polar surface area (TPSA) is 89.6 Å². The van der Waals surface area contributed by atoms with Crippen LogP contribution in [0, 0.1) is 18.2 Å². The quantitative estimate of drug-likeness (QED) is 0.226. The first-order valence-corrected chi connectivity index (χ1v) is 14.1. The predicted octanol–water partition coefficient (Wildman–Crippen LogP) is 6.51. The van der Waals surface area contributed by atoms with Crippen molar-refractivity contribution in [1.82, 2.24) is 9.29 Å². The molecule has 5 rings (SSSR count). The first-order chi connectivity index (χ1) is 19.6. The minimum absolute atomic E-state index is 0.0793. The number of rotatable bonds is 7. The Morgan fingerprint density at radius 1 is 0.951 bits per heavy atom. The van der Waals surface area contributed by atoms with Gasteiger partial charge in [-0.25, -0.2) is 26.8 Å². The number of carbonyl (C=O) groups excluding carboxylic acids is 2. The Kier molecular flexibility index (Phi) is 7.39. The van der Waals surface area contributed by atoms with Gasteiger partial charge in [-0.3, -0.25) is 14.2 Å². The highest BCUT2D eigenvalue weighted by molar-refractivity contribution is 7.90. The van der Waals surface area contributed by atoms with Crippen LogP contribution in [0.1, 0.15) is 35.2 Å². The molecule has 0 saturated heterocycles. The molecule has 7 nitrogen and oxygen atoms in total. The maximum Gasteiger partial charge on any atom is 0.264 e. The maximum absolute atomic E-state index is 13.8. The second-order valence-electron chi connectivity index (χ2n) is 9.57. The monoisotopic (exact) mass is 571 g/mol. The number of nitrogens with one attached hydrogen (secondary N) is 1. The number of sulfonamides is 1. The Balaban J connectivity index is 1.42. The van der Waals surface area contributed by atoms with Crippen LogP contribution in [0.2, 0.25) is 0 Å². The van der Waals surface area contributed by atoms with Gasteiger partial charge in [0.05, 0.1) is 17.4 Å². The molecule has 0 saturated carbocycles. The molecule has 0 fully saturated rings. The van der Waals surface area contributed by atoms with Gasteiger partial charge < -0.3 is 0 Å². The van der Waals surface area contributed by atoms with Gasteiger partial charge in [-0.1, -0.05) is 54.6 Å². The molecule has 0 spiro atoms. The standard InChI is InChI=1S/C31H23F2N3O4S/c1-19(24-9-5-7-20-6-3-4-8-25(20)24)31(38)36-18-21(26-13-11-22(34-2)16-29(26)36)10-15-30(37)35-41(39,40)23-12-14-27(32)28(33)17-23/h3-9,11-14,16-19H,10,15H2,1H3,(H,35,37). The second-order valence-corrected chi connectivity index (χ2v) is 11.3. The van der Waals surface area contributed by atoms with E-state index in [0.717, 1.165) is 22.4 Å². The first-order valence-electron chi connectivity index (χ1n) is 12.6. The van der Waals surface area contributed by atoms with Crippen molar-refractivity contribution in [3.8, 4) is 0 Å². The van der Waals surface area contributed by atoms with Crippen molar-refractivity contribution in [2.24, 2.45) is 0 Å². The van der Waals surface area contributed by atoms with E-state index in [1.807, 2.05) is 54.1 Å². The number of aryl methyl sites for hydroxylation is 1. The van der Waals surface area contributed by atoms with Gasteiger partial charge in [0.15, 0.2) is 17.3 Å². The summed E-state index contributed by atoms with van der Waals surface area (Å²) in [5.41, 5.74) is 2.29. The van der Waals surface area contributed by atoms with Crippen LogP contribution in [0.15, 0.2) is 90.0 Å². The Bertz CT molecular complexity index is 1990. The molecule has 1 heterocycles. The third kappa shape index (κ3) is 5.44. The summed E-state index contributed by atoms with van der Waals surface area (Å²) in [6.07, 6.45) is 1.43. The van der Waals surface area contributed by atoms with Gasteiger partial charge in [0, 0.05) is 23.5 Å². The average Bonchev–Trinajstić information content (AvgIpc) is 3.33. The lowest BCUT2D eigenvalue weighted by Gasteiger charge is -2.15. The van der Waals surface area contributed by atoms with E-state index in [2.05, 4.69) is 4.85 Å². The normalized spacial score (nSPS) is 12.2. The molecule has 0 radical (unpaired) electrons. The molecule has 206 valence electrons. The van der Waals surface area contributed by atoms with Crippen molar-refractivity contribution in [2.45, 2.75) is 30.6 Å². The minimum atomic E-state index is -4.42. The molecule has 41 heavy (non-hydrogen) atoms. The lowest BCUT2D eigenvalue weighted by Crippen LogP contribution is -2.30. The highest BCUT2D eigenvalue weighted by Crippen LogP contribution is 2.31. The summed E-state index contributed by atoms with van der Waals surface area (Å²) in [6, 6.07) is 20.5. The van der Waals surface area contributed by atoms with Crippen molar-refractivity contribution < 1.29 is 26.8 Å². The molecule has 1 atom stereocenters. The summed E-state index contributed by atoms with van der Waals surface area (Å²) < 4.78 is 55.1. The van der Waals surface area contributed by atoms with E-state index in [1.165, 1.54) is 4.57 Å². The van der Waals surface area contributed by atoms with Crippen molar-refractivity contribution in [1.29, 1.82) is 0 Å². The maximum atomic E-state index is 13.8. The van der Waals surface area contributed by atoms with E-state index in [-0.39, 0.29) is 18.7 Å². The number of nitrogens with zero attached hydrogens (tertiary/aromatic N) is 2. The fraction of sp³-hybridized carbons (Fsp3) is 0.129. The SMILES string of the molecule is [C-]#[N+]c1ccc2c(CCC(=O)NS(=O)(=O)c3ccc(F)c(F)c3)cn(C(=O)C(C)c3cccc4ccccc34)c2c1.